The van der Waals surface area contributed by atoms with Gasteiger partial charge in [0.25, 0.3) is 0 Å². The Morgan fingerprint density at radius 3 is 2.90 bits per heavy atom. The first kappa shape index (κ1) is 13.6. The lowest BCUT2D eigenvalue weighted by Gasteiger charge is -2.24. The van der Waals surface area contributed by atoms with Gasteiger partial charge in [-0.1, -0.05) is 0 Å². The van der Waals surface area contributed by atoms with Gasteiger partial charge in [-0.05, 0) is 31.8 Å². The molecule has 110 valence electrons. The van der Waals surface area contributed by atoms with Crippen molar-refractivity contribution in [2.75, 3.05) is 33.9 Å². The molecule has 1 aromatic heterocycles. The quantitative estimate of drug-likeness (QED) is 0.894. The number of likely N-dealkylation sites (tertiary alicyclic amines) is 1. The molecule has 0 radical (unpaired) electrons. The van der Waals surface area contributed by atoms with Gasteiger partial charge >= 0.3 is 0 Å². The molecule has 0 amide bonds. The van der Waals surface area contributed by atoms with Crippen LogP contribution in [0.5, 0.6) is 11.5 Å². The minimum absolute atomic E-state index is 0.590. The Morgan fingerprint density at radius 1 is 1.35 bits per heavy atom. The fourth-order valence-corrected chi connectivity index (χ4v) is 3.62. The number of ether oxygens (including phenoxy) is 2. The molecule has 5 nitrogen and oxygen atoms in total. The van der Waals surface area contributed by atoms with Gasteiger partial charge in [0.1, 0.15) is 5.69 Å². The van der Waals surface area contributed by atoms with Crippen molar-refractivity contribution in [1.82, 2.24) is 15.2 Å². The predicted octanol–water partition coefficient (Wildman–Crippen LogP) is 1.14. The second-order valence-corrected chi connectivity index (χ2v) is 5.75. The zero-order valence-corrected chi connectivity index (χ0v) is 12.4. The summed E-state index contributed by atoms with van der Waals surface area (Å²) in [4.78, 5) is 7.00. The summed E-state index contributed by atoms with van der Waals surface area (Å²) in [7, 11) is 3.34. The van der Waals surface area contributed by atoms with Crippen LogP contribution in [0.15, 0.2) is 12.3 Å². The van der Waals surface area contributed by atoms with E-state index in [0.717, 1.165) is 55.2 Å². The van der Waals surface area contributed by atoms with Crippen LogP contribution >= 0.6 is 0 Å². The van der Waals surface area contributed by atoms with E-state index >= 15 is 0 Å². The Balaban J connectivity index is 1.78. The van der Waals surface area contributed by atoms with Crippen LogP contribution in [0.1, 0.15) is 12.6 Å². The highest BCUT2D eigenvalue weighted by Crippen LogP contribution is 2.35. The Kier molecular flexibility index (Phi) is 3.81. The molecular weight excluding hydrogens is 254 g/mol. The molecule has 5 heteroatoms. The molecule has 0 bridgehead atoms. The predicted molar refractivity (Wildman–Crippen MR) is 77.1 cm³/mol. The van der Waals surface area contributed by atoms with Crippen LogP contribution in [-0.2, 0) is 6.54 Å². The molecule has 0 aromatic carbocycles. The summed E-state index contributed by atoms with van der Waals surface area (Å²) in [5, 5.41) is 3.49. The molecule has 2 aliphatic rings. The fourth-order valence-electron chi connectivity index (χ4n) is 3.62. The van der Waals surface area contributed by atoms with E-state index in [4.69, 9.17) is 9.47 Å². The van der Waals surface area contributed by atoms with Gasteiger partial charge in [-0.3, -0.25) is 9.88 Å². The third kappa shape index (κ3) is 2.25. The highest BCUT2D eigenvalue weighted by atomic mass is 16.5. The second-order valence-electron chi connectivity index (χ2n) is 5.75. The number of pyridine rings is 1. The van der Waals surface area contributed by atoms with E-state index in [1.165, 1.54) is 0 Å². The first-order chi connectivity index (χ1) is 9.74. The fraction of sp³-hybridized carbons (Fsp3) is 0.667. The van der Waals surface area contributed by atoms with Gasteiger partial charge < -0.3 is 14.8 Å². The van der Waals surface area contributed by atoms with E-state index < -0.39 is 0 Å². The molecule has 2 saturated heterocycles. The normalized spacial score (nSPS) is 29.4. The van der Waals surface area contributed by atoms with Crippen molar-refractivity contribution in [2.45, 2.75) is 19.5 Å². The Labute approximate surface area is 120 Å². The van der Waals surface area contributed by atoms with E-state index in [9.17, 15) is 0 Å². The van der Waals surface area contributed by atoms with Crippen molar-refractivity contribution >= 4 is 0 Å². The highest BCUT2D eigenvalue weighted by Gasteiger charge is 2.41. The number of methoxy groups -OCH3 is 2. The van der Waals surface area contributed by atoms with Crippen LogP contribution < -0.4 is 14.8 Å². The minimum Gasteiger partial charge on any atom is -0.493 e. The molecule has 1 N–H and O–H groups in total. The largest absolute Gasteiger partial charge is 0.493 e. The van der Waals surface area contributed by atoms with Gasteiger partial charge in [0.05, 0.1) is 14.2 Å². The number of nitrogens with one attached hydrogen (secondary N) is 1. The lowest BCUT2D eigenvalue weighted by Crippen LogP contribution is -2.33. The molecule has 20 heavy (non-hydrogen) atoms. The van der Waals surface area contributed by atoms with Crippen LogP contribution in [0.25, 0.3) is 0 Å². The second kappa shape index (κ2) is 5.58. The lowest BCUT2D eigenvalue weighted by atomic mass is 9.95. The molecule has 1 aromatic rings. The van der Waals surface area contributed by atoms with Crippen molar-refractivity contribution in [3.63, 3.8) is 0 Å². The minimum atomic E-state index is 0.590. The Hall–Kier alpha value is -1.33. The zero-order valence-electron chi connectivity index (χ0n) is 12.4. The van der Waals surface area contributed by atoms with Crippen molar-refractivity contribution in [1.29, 1.82) is 0 Å². The van der Waals surface area contributed by atoms with Crippen LogP contribution in [0, 0.1) is 11.8 Å². The monoisotopic (exact) mass is 277 g/mol. The van der Waals surface area contributed by atoms with Gasteiger partial charge in [-0.2, -0.15) is 0 Å². The Bertz CT molecular complexity index is 480. The average Bonchev–Trinajstić information content (AvgIpc) is 3.03. The molecule has 2 fully saturated rings. The first-order valence-corrected chi connectivity index (χ1v) is 7.25. The summed E-state index contributed by atoms with van der Waals surface area (Å²) in [6.07, 6.45) is 1.79. The standard InChI is InChI=1S/C15H23N3O2/c1-10-12-7-16-6-11(12)8-18(10)9-13-15(20-3)14(19-2)4-5-17-13/h4-5,10-12,16H,6-9H2,1-3H3. The van der Waals surface area contributed by atoms with Crippen molar-refractivity contribution in [2.24, 2.45) is 11.8 Å². The van der Waals surface area contributed by atoms with Gasteiger partial charge in [-0.15, -0.1) is 0 Å². The Morgan fingerprint density at radius 2 is 2.20 bits per heavy atom. The number of fused-ring (bicyclic) bond motifs is 1. The van der Waals surface area contributed by atoms with Crippen LogP contribution in [0.2, 0.25) is 0 Å². The number of aromatic nitrogens is 1. The average molecular weight is 277 g/mol. The summed E-state index contributed by atoms with van der Waals surface area (Å²) in [6.45, 7) is 6.58. The van der Waals surface area contributed by atoms with Gasteiger partial charge in [0.2, 0.25) is 0 Å². The first-order valence-electron chi connectivity index (χ1n) is 7.25. The van der Waals surface area contributed by atoms with E-state index in [1.807, 2.05) is 6.07 Å². The van der Waals surface area contributed by atoms with E-state index in [-0.39, 0.29) is 0 Å². The van der Waals surface area contributed by atoms with Crippen LogP contribution in [0.3, 0.4) is 0 Å². The summed E-state index contributed by atoms with van der Waals surface area (Å²) < 4.78 is 10.8. The number of hydrogen-bond donors (Lipinski definition) is 1. The van der Waals surface area contributed by atoms with Gasteiger partial charge in [-0.25, -0.2) is 0 Å². The molecule has 0 aliphatic carbocycles. The summed E-state index contributed by atoms with van der Waals surface area (Å²) >= 11 is 0. The smallest absolute Gasteiger partial charge is 0.183 e. The summed E-state index contributed by atoms with van der Waals surface area (Å²) in [6, 6.07) is 2.43. The third-order valence-corrected chi connectivity index (χ3v) is 4.78. The molecule has 0 spiro atoms. The number of hydrogen-bond acceptors (Lipinski definition) is 5. The maximum absolute atomic E-state index is 5.48. The third-order valence-electron chi connectivity index (χ3n) is 4.78. The van der Waals surface area contributed by atoms with E-state index in [0.29, 0.717) is 6.04 Å². The molecule has 0 saturated carbocycles. The lowest BCUT2D eigenvalue weighted by molar-refractivity contribution is 0.224. The highest BCUT2D eigenvalue weighted by molar-refractivity contribution is 5.42. The summed E-state index contributed by atoms with van der Waals surface area (Å²) in [5.41, 5.74) is 0.964. The maximum atomic E-state index is 5.48. The maximum Gasteiger partial charge on any atom is 0.183 e. The molecule has 3 unspecified atom stereocenters. The number of nitrogens with zero attached hydrogens (tertiary/aromatic N) is 2. The molecule has 3 heterocycles. The van der Waals surface area contributed by atoms with Crippen molar-refractivity contribution < 1.29 is 9.47 Å². The van der Waals surface area contributed by atoms with E-state index in [2.05, 4.69) is 22.1 Å². The van der Waals surface area contributed by atoms with Crippen molar-refractivity contribution in [3.8, 4) is 11.5 Å². The number of rotatable bonds is 4. The molecule has 2 aliphatic heterocycles. The van der Waals surface area contributed by atoms with Crippen LogP contribution in [0.4, 0.5) is 0 Å². The molecule has 3 rings (SSSR count). The zero-order chi connectivity index (χ0) is 14.1. The summed E-state index contributed by atoms with van der Waals surface area (Å²) in [5.74, 6) is 3.07. The van der Waals surface area contributed by atoms with Gasteiger partial charge in [0, 0.05) is 31.4 Å². The van der Waals surface area contributed by atoms with Crippen LogP contribution in [-0.4, -0.2) is 49.8 Å². The SMILES string of the molecule is COc1ccnc(CN2CC3CNCC3C2C)c1OC. The topological polar surface area (TPSA) is 46.6 Å². The molecule has 3 atom stereocenters. The van der Waals surface area contributed by atoms with Gasteiger partial charge in [0.15, 0.2) is 11.5 Å². The molecular formula is C15H23N3O2. The van der Waals surface area contributed by atoms with Crippen molar-refractivity contribution in [3.05, 3.63) is 18.0 Å². The van der Waals surface area contributed by atoms with E-state index in [1.54, 1.807) is 20.4 Å².